The van der Waals surface area contributed by atoms with Crippen LogP contribution in [0.4, 0.5) is 0 Å². The van der Waals surface area contributed by atoms with Crippen LogP contribution < -0.4 is 0 Å². The molecular weight excluding hydrogens is 319 g/mol. The van der Waals surface area contributed by atoms with Gasteiger partial charge in [0.15, 0.2) is 0 Å². The van der Waals surface area contributed by atoms with Gasteiger partial charge in [-0.15, -0.1) is 0 Å². The van der Waals surface area contributed by atoms with Gasteiger partial charge in [0.2, 0.25) is 0 Å². The lowest BCUT2D eigenvalue weighted by molar-refractivity contribution is -0.217. The SMILES string of the molecule is O=C(CI)OC12CC3CC(CC(O)(C3)C1)C2. The van der Waals surface area contributed by atoms with Crippen molar-refractivity contribution in [1.29, 1.82) is 0 Å². The summed E-state index contributed by atoms with van der Waals surface area (Å²) in [4.78, 5) is 11.5. The molecule has 90 valence electrons. The first-order chi connectivity index (χ1) is 7.53. The molecular formula is C12H17IO3. The number of rotatable bonds is 2. The summed E-state index contributed by atoms with van der Waals surface area (Å²) in [6.45, 7) is 0. The third-order valence-corrected chi connectivity index (χ3v) is 5.04. The van der Waals surface area contributed by atoms with Gasteiger partial charge in [0.1, 0.15) is 5.60 Å². The lowest BCUT2D eigenvalue weighted by Gasteiger charge is -2.59. The first kappa shape index (κ1) is 11.3. The van der Waals surface area contributed by atoms with E-state index in [-0.39, 0.29) is 11.6 Å². The third-order valence-electron chi connectivity index (χ3n) is 4.42. The second-order valence-corrected chi connectivity index (χ2v) is 6.74. The molecule has 0 aliphatic heterocycles. The molecule has 4 aliphatic carbocycles. The highest BCUT2D eigenvalue weighted by Gasteiger charge is 2.59. The van der Waals surface area contributed by atoms with Gasteiger partial charge in [-0.25, -0.2) is 0 Å². The molecule has 0 radical (unpaired) electrons. The van der Waals surface area contributed by atoms with Gasteiger partial charge in [0.05, 0.1) is 10.0 Å². The van der Waals surface area contributed by atoms with E-state index in [1.807, 2.05) is 22.6 Å². The summed E-state index contributed by atoms with van der Waals surface area (Å²) in [6.07, 6.45) is 5.71. The van der Waals surface area contributed by atoms with Crippen molar-refractivity contribution in [2.45, 2.75) is 49.7 Å². The van der Waals surface area contributed by atoms with Crippen molar-refractivity contribution in [2.24, 2.45) is 11.8 Å². The molecule has 0 aromatic rings. The Morgan fingerprint density at radius 3 is 2.44 bits per heavy atom. The molecule has 1 N–H and O–H groups in total. The van der Waals surface area contributed by atoms with Crippen LogP contribution in [0.15, 0.2) is 0 Å². The highest BCUT2D eigenvalue weighted by Crippen LogP contribution is 2.58. The summed E-state index contributed by atoms with van der Waals surface area (Å²) in [5.41, 5.74) is -0.850. The number of hydrogen-bond acceptors (Lipinski definition) is 3. The Hall–Kier alpha value is 0.160. The Bertz CT molecular complexity index is 314. The van der Waals surface area contributed by atoms with Crippen molar-refractivity contribution in [3.05, 3.63) is 0 Å². The van der Waals surface area contributed by atoms with Gasteiger partial charge in [-0.05, 0) is 43.9 Å². The molecule has 4 fully saturated rings. The van der Waals surface area contributed by atoms with Gasteiger partial charge in [-0.1, -0.05) is 22.6 Å². The minimum Gasteiger partial charge on any atom is -0.458 e. The fourth-order valence-corrected chi connectivity index (χ4v) is 4.67. The van der Waals surface area contributed by atoms with Gasteiger partial charge in [0.25, 0.3) is 0 Å². The number of alkyl halides is 1. The molecule has 0 saturated heterocycles. The van der Waals surface area contributed by atoms with Gasteiger partial charge < -0.3 is 9.84 Å². The minimum atomic E-state index is -0.532. The fourth-order valence-electron chi connectivity index (χ4n) is 4.52. The standard InChI is InChI=1S/C12H17IO3/c13-6-10(14)16-12-4-8-1-9(5-12)3-11(15,2-8)7-12/h8-9,15H,1-7H2. The maximum absolute atomic E-state index is 11.5. The van der Waals surface area contributed by atoms with Gasteiger partial charge >= 0.3 is 5.97 Å². The van der Waals surface area contributed by atoms with E-state index < -0.39 is 5.60 Å². The molecule has 0 aromatic heterocycles. The summed E-state index contributed by atoms with van der Waals surface area (Å²) in [7, 11) is 0. The topological polar surface area (TPSA) is 46.5 Å². The summed E-state index contributed by atoms with van der Waals surface area (Å²) < 4.78 is 6.07. The van der Waals surface area contributed by atoms with Gasteiger partial charge in [-0.3, -0.25) is 4.79 Å². The zero-order valence-electron chi connectivity index (χ0n) is 9.25. The van der Waals surface area contributed by atoms with Crippen LogP contribution in [0.2, 0.25) is 0 Å². The van der Waals surface area contributed by atoms with Crippen LogP contribution in [-0.2, 0) is 9.53 Å². The van der Waals surface area contributed by atoms with E-state index in [0.29, 0.717) is 22.7 Å². The molecule has 0 spiro atoms. The fraction of sp³-hybridized carbons (Fsp3) is 0.917. The van der Waals surface area contributed by atoms with Crippen LogP contribution in [0, 0.1) is 11.8 Å². The number of halogens is 1. The van der Waals surface area contributed by atoms with E-state index >= 15 is 0 Å². The van der Waals surface area contributed by atoms with E-state index in [2.05, 4.69) is 0 Å². The molecule has 0 heterocycles. The Balaban J connectivity index is 1.83. The van der Waals surface area contributed by atoms with Gasteiger partial charge in [-0.2, -0.15) is 0 Å². The van der Waals surface area contributed by atoms with Crippen molar-refractivity contribution < 1.29 is 14.6 Å². The van der Waals surface area contributed by atoms with Crippen molar-refractivity contribution in [3.8, 4) is 0 Å². The van der Waals surface area contributed by atoms with E-state index in [1.54, 1.807) is 0 Å². The van der Waals surface area contributed by atoms with E-state index in [9.17, 15) is 9.90 Å². The van der Waals surface area contributed by atoms with Crippen LogP contribution in [0.5, 0.6) is 0 Å². The molecule has 4 heteroatoms. The quantitative estimate of drug-likeness (QED) is 0.477. The second kappa shape index (κ2) is 3.57. The largest absolute Gasteiger partial charge is 0.458 e. The summed E-state index contributed by atoms with van der Waals surface area (Å²) in [5, 5.41) is 10.5. The van der Waals surface area contributed by atoms with E-state index in [1.165, 1.54) is 6.42 Å². The Labute approximate surface area is 109 Å². The first-order valence-electron chi connectivity index (χ1n) is 6.03. The Morgan fingerprint density at radius 2 is 1.94 bits per heavy atom. The monoisotopic (exact) mass is 336 g/mol. The molecule has 2 unspecified atom stereocenters. The average Bonchev–Trinajstić information content (AvgIpc) is 2.12. The highest BCUT2D eigenvalue weighted by atomic mass is 127. The van der Waals surface area contributed by atoms with Crippen molar-refractivity contribution in [1.82, 2.24) is 0 Å². The van der Waals surface area contributed by atoms with Crippen LogP contribution in [0.25, 0.3) is 0 Å². The molecule has 4 aliphatic rings. The number of carbonyl (C=O) groups is 1. The van der Waals surface area contributed by atoms with E-state index in [4.69, 9.17) is 4.74 Å². The molecule has 0 amide bonds. The van der Waals surface area contributed by atoms with Crippen LogP contribution in [-0.4, -0.2) is 26.7 Å². The lowest BCUT2D eigenvalue weighted by Crippen LogP contribution is -2.60. The van der Waals surface area contributed by atoms with Crippen molar-refractivity contribution in [2.75, 3.05) is 4.43 Å². The number of hydrogen-bond donors (Lipinski definition) is 1. The average molecular weight is 336 g/mol. The van der Waals surface area contributed by atoms with Crippen molar-refractivity contribution >= 4 is 28.6 Å². The van der Waals surface area contributed by atoms with Gasteiger partial charge in [0, 0.05) is 6.42 Å². The molecule has 4 bridgehead atoms. The minimum absolute atomic E-state index is 0.119. The molecule has 2 atom stereocenters. The number of ether oxygens (including phenoxy) is 1. The zero-order valence-corrected chi connectivity index (χ0v) is 11.4. The molecule has 16 heavy (non-hydrogen) atoms. The molecule has 3 nitrogen and oxygen atoms in total. The van der Waals surface area contributed by atoms with Crippen LogP contribution in [0.3, 0.4) is 0 Å². The predicted octanol–water partition coefficient (Wildman–Crippen LogP) is 2.05. The summed E-state index contributed by atoms with van der Waals surface area (Å²) in [6, 6.07) is 0. The zero-order chi connectivity index (χ0) is 11.4. The maximum Gasteiger partial charge on any atom is 0.316 e. The van der Waals surface area contributed by atoms with Crippen molar-refractivity contribution in [3.63, 3.8) is 0 Å². The molecule has 4 rings (SSSR count). The molecule has 0 aromatic carbocycles. The Kier molecular flexibility index (Phi) is 2.52. The number of carbonyl (C=O) groups excluding carboxylic acids is 1. The molecule has 4 saturated carbocycles. The normalized spacial score (nSPS) is 49.4. The number of aliphatic hydroxyl groups is 1. The second-order valence-electron chi connectivity index (χ2n) is 5.98. The first-order valence-corrected chi connectivity index (χ1v) is 7.55. The predicted molar refractivity (Wildman–Crippen MR) is 67.3 cm³/mol. The highest BCUT2D eigenvalue weighted by molar-refractivity contribution is 14.1. The maximum atomic E-state index is 11.5. The number of esters is 1. The lowest BCUT2D eigenvalue weighted by atomic mass is 9.52. The smallest absolute Gasteiger partial charge is 0.316 e. The van der Waals surface area contributed by atoms with Crippen LogP contribution >= 0.6 is 22.6 Å². The Morgan fingerprint density at radius 1 is 1.31 bits per heavy atom. The van der Waals surface area contributed by atoms with E-state index in [0.717, 1.165) is 25.7 Å². The van der Waals surface area contributed by atoms with Crippen LogP contribution in [0.1, 0.15) is 38.5 Å². The third kappa shape index (κ3) is 1.78. The summed E-state index contributed by atoms with van der Waals surface area (Å²) >= 11 is 2.04. The summed E-state index contributed by atoms with van der Waals surface area (Å²) in [5.74, 6) is 1.03.